The first-order valence-electron chi connectivity index (χ1n) is 7.39. The summed E-state index contributed by atoms with van der Waals surface area (Å²) in [6.07, 6.45) is 0. The SMILES string of the molecule is CN(C)Cc1ccccc1-c1ccc(C(C)(C)C(=O)O)cc1. The number of hydrogen-bond acceptors (Lipinski definition) is 2. The Hall–Kier alpha value is -2.13. The molecule has 3 heteroatoms. The third kappa shape index (κ3) is 3.37. The van der Waals surface area contributed by atoms with Crippen LogP contribution in [0.1, 0.15) is 25.0 Å². The van der Waals surface area contributed by atoms with Crippen molar-refractivity contribution in [2.75, 3.05) is 14.1 Å². The molecule has 1 N–H and O–H groups in total. The number of rotatable bonds is 5. The van der Waals surface area contributed by atoms with Crippen molar-refractivity contribution in [3.05, 3.63) is 59.7 Å². The maximum absolute atomic E-state index is 11.3. The average molecular weight is 297 g/mol. The van der Waals surface area contributed by atoms with Crippen molar-refractivity contribution in [1.29, 1.82) is 0 Å². The molecule has 0 bridgehead atoms. The third-order valence-electron chi connectivity index (χ3n) is 3.96. The number of carboxylic acids is 1. The molecule has 116 valence electrons. The molecule has 3 nitrogen and oxygen atoms in total. The lowest BCUT2D eigenvalue weighted by molar-refractivity contribution is -0.142. The Morgan fingerprint density at radius 2 is 1.64 bits per heavy atom. The van der Waals surface area contributed by atoms with Gasteiger partial charge in [-0.1, -0.05) is 48.5 Å². The lowest BCUT2D eigenvalue weighted by Crippen LogP contribution is -2.28. The number of nitrogens with zero attached hydrogens (tertiary/aromatic N) is 1. The lowest BCUT2D eigenvalue weighted by Gasteiger charge is -2.20. The van der Waals surface area contributed by atoms with E-state index in [-0.39, 0.29) is 0 Å². The molecule has 0 saturated carbocycles. The quantitative estimate of drug-likeness (QED) is 0.913. The Morgan fingerprint density at radius 3 is 2.18 bits per heavy atom. The van der Waals surface area contributed by atoms with E-state index in [4.69, 9.17) is 0 Å². The van der Waals surface area contributed by atoms with Gasteiger partial charge in [-0.2, -0.15) is 0 Å². The van der Waals surface area contributed by atoms with Crippen molar-refractivity contribution in [1.82, 2.24) is 4.90 Å². The molecule has 0 heterocycles. The first-order chi connectivity index (χ1) is 10.3. The van der Waals surface area contributed by atoms with E-state index >= 15 is 0 Å². The molecular weight excluding hydrogens is 274 g/mol. The fraction of sp³-hybridized carbons (Fsp3) is 0.316. The summed E-state index contributed by atoms with van der Waals surface area (Å²) in [6.45, 7) is 4.33. The van der Waals surface area contributed by atoms with Gasteiger partial charge in [0.1, 0.15) is 0 Å². The molecule has 0 amide bonds. The maximum Gasteiger partial charge on any atom is 0.313 e. The van der Waals surface area contributed by atoms with E-state index in [0.29, 0.717) is 0 Å². The second-order valence-corrected chi connectivity index (χ2v) is 6.40. The van der Waals surface area contributed by atoms with Crippen LogP contribution in [-0.2, 0) is 16.8 Å². The van der Waals surface area contributed by atoms with Crippen LogP contribution in [0.5, 0.6) is 0 Å². The molecule has 0 aromatic heterocycles. The van der Waals surface area contributed by atoms with E-state index in [1.165, 1.54) is 11.1 Å². The first kappa shape index (κ1) is 16.2. The van der Waals surface area contributed by atoms with Gasteiger partial charge in [0.15, 0.2) is 0 Å². The van der Waals surface area contributed by atoms with Crippen LogP contribution in [0, 0.1) is 0 Å². The highest BCUT2D eigenvalue weighted by Crippen LogP contribution is 2.29. The van der Waals surface area contributed by atoms with Gasteiger partial charge in [-0.05, 0) is 50.2 Å². The average Bonchev–Trinajstić information content (AvgIpc) is 2.47. The number of benzene rings is 2. The largest absolute Gasteiger partial charge is 0.481 e. The molecule has 2 aromatic rings. The summed E-state index contributed by atoms with van der Waals surface area (Å²) in [5, 5.41) is 9.32. The van der Waals surface area contributed by atoms with Crippen molar-refractivity contribution in [3.63, 3.8) is 0 Å². The van der Waals surface area contributed by atoms with Gasteiger partial charge < -0.3 is 10.0 Å². The molecule has 0 unspecified atom stereocenters. The fourth-order valence-corrected chi connectivity index (χ4v) is 2.47. The van der Waals surface area contributed by atoms with Crippen molar-refractivity contribution in [2.45, 2.75) is 25.8 Å². The zero-order valence-corrected chi connectivity index (χ0v) is 13.6. The monoisotopic (exact) mass is 297 g/mol. The number of carboxylic acid groups (broad SMARTS) is 1. The molecule has 0 aliphatic heterocycles. The Balaban J connectivity index is 2.38. The first-order valence-corrected chi connectivity index (χ1v) is 7.39. The minimum Gasteiger partial charge on any atom is -0.481 e. The predicted octanol–water partition coefficient (Wildman–Crippen LogP) is 3.78. The van der Waals surface area contributed by atoms with E-state index in [1.807, 2.05) is 36.4 Å². The lowest BCUT2D eigenvalue weighted by atomic mass is 9.84. The van der Waals surface area contributed by atoms with Gasteiger partial charge in [0.05, 0.1) is 5.41 Å². The summed E-state index contributed by atoms with van der Waals surface area (Å²) in [4.78, 5) is 13.5. The fourth-order valence-electron chi connectivity index (χ4n) is 2.47. The van der Waals surface area contributed by atoms with Crippen LogP contribution >= 0.6 is 0 Å². The molecule has 2 rings (SSSR count). The van der Waals surface area contributed by atoms with Crippen molar-refractivity contribution < 1.29 is 9.90 Å². The van der Waals surface area contributed by atoms with Crippen LogP contribution in [0.15, 0.2) is 48.5 Å². The second-order valence-electron chi connectivity index (χ2n) is 6.40. The maximum atomic E-state index is 11.3. The van der Waals surface area contributed by atoms with Crippen LogP contribution in [0.3, 0.4) is 0 Å². The normalized spacial score (nSPS) is 11.7. The number of hydrogen-bond donors (Lipinski definition) is 1. The van der Waals surface area contributed by atoms with Gasteiger partial charge in [0, 0.05) is 6.54 Å². The zero-order chi connectivity index (χ0) is 16.3. The van der Waals surface area contributed by atoms with Gasteiger partial charge in [-0.15, -0.1) is 0 Å². The van der Waals surface area contributed by atoms with Crippen LogP contribution in [0.2, 0.25) is 0 Å². The summed E-state index contributed by atoms with van der Waals surface area (Å²) >= 11 is 0. The van der Waals surface area contributed by atoms with Gasteiger partial charge in [-0.25, -0.2) is 0 Å². The summed E-state index contributed by atoms with van der Waals surface area (Å²) < 4.78 is 0. The number of carbonyl (C=O) groups is 1. The molecular formula is C19H23NO2. The Bertz CT molecular complexity index is 657. The molecule has 0 fully saturated rings. The highest BCUT2D eigenvalue weighted by molar-refractivity contribution is 5.80. The standard InChI is InChI=1S/C19H23NO2/c1-19(2,18(21)22)16-11-9-14(10-12-16)17-8-6-5-7-15(17)13-20(3)4/h5-12H,13H2,1-4H3,(H,21,22). The highest BCUT2D eigenvalue weighted by atomic mass is 16.4. The van der Waals surface area contributed by atoms with Gasteiger partial charge in [0.25, 0.3) is 0 Å². The molecule has 2 aromatic carbocycles. The van der Waals surface area contributed by atoms with E-state index in [9.17, 15) is 9.90 Å². The second kappa shape index (κ2) is 6.32. The van der Waals surface area contributed by atoms with Crippen LogP contribution < -0.4 is 0 Å². The summed E-state index contributed by atoms with van der Waals surface area (Å²) in [7, 11) is 4.10. The zero-order valence-electron chi connectivity index (χ0n) is 13.6. The summed E-state index contributed by atoms with van der Waals surface area (Å²) in [6, 6.07) is 16.2. The van der Waals surface area contributed by atoms with E-state index < -0.39 is 11.4 Å². The molecule has 22 heavy (non-hydrogen) atoms. The molecule has 0 radical (unpaired) electrons. The smallest absolute Gasteiger partial charge is 0.313 e. The van der Waals surface area contributed by atoms with Crippen molar-refractivity contribution in [2.24, 2.45) is 0 Å². The van der Waals surface area contributed by atoms with Gasteiger partial charge >= 0.3 is 5.97 Å². The van der Waals surface area contributed by atoms with Crippen molar-refractivity contribution >= 4 is 5.97 Å². The third-order valence-corrected chi connectivity index (χ3v) is 3.96. The van der Waals surface area contributed by atoms with E-state index in [2.05, 4.69) is 31.1 Å². The summed E-state index contributed by atoms with van der Waals surface area (Å²) in [5.74, 6) is -0.812. The molecule has 0 saturated heterocycles. The highest BCUT2D eigenvalue weighted by Gasteiger charge is 2.29. The molecule has 0 aliphatic rings. The van der Waals surface area contributed by atoms with Crippen LogP contribution in [-0.4, -0.2) is 30.1 Å². The molecule has 0 spiro atoms. The van der Waals surface area contributed by atoms with Gasteiger partial charge in [0.2, 0.25) is 0 Å². The van der Waals surface area contributed by atoms with E-state index in [1.54, 1.807) is 13.8 Å². The molecule has 0 aliphatic carbocycles. The Kier molecular flexibility index (Phi) is 4.67. The van der Waals surface area contributed by atoms with Crippen LogP contribution in [0.4, 0.5) is 0 Å². The minimum atomic E-state index is -0.873. The molecule has 0 atom stereocenters. The Labute approximate surface area is 132 Å². The van der Waals surface area contributed by atoms with Crippen molar-refractivity contribution in [3.8, 4) is 11.1 Å². The predicted molar refractivity (Wildman–Crippen MR) is 89.9 cm³/mol. The van der Waals surface area contributed by atoms with E-state index in [0.717, 1.165) is 17.7 Å². The summed E-state index contributed by atoms with van der Waals surface area (Å²) in [5.41, 5.74) is 3.51. The Morgan fingerprint density at radius 1 is 1.05 bits per heavy atom. The van der Waals surface area contributed by atoms with Gasteiger partial charge in [-0.3, -0.25) is 4.79 Å². The van der Waals surface area contributed by atoms with Crippen LogP contribution in [0.25, 0.3) is 11.1 Å². The number of aliphatic carboxylic acids is 1. The topological polar surface area (TPSA) is 40.5 Å². The minimum absolute atomic E-state index is 0.812.